The minimum Gasteiger partial charge on any atom is -0.359 e. The number of nitrogens with one attached hydrogen (secondary N) is 1. The maximum Gasteiger partial charge on any atom is 0.253 e. The highest BCUT2D eigenvalue weighted by molar-refractivity contribution is 5.98. The average Bonchev–Trinajstić information content (AvgIpc) is 2.69. The SMILES string of the molecule is CCN(CC)C(=O)c1ccc2[nH]c(C)cc2c1. The molecule has 0 unspecified atom stereocenters. The minimum absolute atomic E-state index is 0.107. The Morgan fingerprint density at radius 3 is 2.59 bits per heavy atom. The van der Waals surface area contributed by atoms with E-state index in [2.05, 4.69) is 11.1 Å². The molecule has 90 valence electrons. The first-order valence-corrected chi connectivity index (χ1v) is 6.04. The van der Waals surface area contributed by atoms with Gasteiger partial charge in [0.2, 0.25) is 0 Å². The quantitative estimate of drug-likeness (QED) is 0.864. The lowest BCUT2D eigenvalue weighted by atomic mass is 10.1. The zero-order chi connectivity index (χ0) is 12.4. The Balaban J connectivity index is 2.38. The Morgan fingerprint density at radius 1 is 1.24 bits per heavy atom. The third-order valence-corrected chi connectivity index (χ3v) is 3.05. The zero-order valence-electron chi connectivity index (χ0n) is 10.6. The Morgan fingerprint density at radius 2 is 1.94 bits per heavy atom. The van der Waals surface area contributed by atoms with Crippen LogP contribution in [0.3, 0.4) is 0 Å². The summed E-state index contributed by atoms with van der Waals surface area (Å²) < 4.78 is 0. The number of hydrogen-bond acceptors (Lipinski definition) is 1. The predicted molar refractivity (Wildman–Crippen MR) is 70.3 cm³/mol. The smallest absolute Gasteiger partial charge is 0.253 e. The number of aromatic nitrogens is 1. The highest BCUT2D eigenvalue weighted by Crippen LogP contribution is 2.17. The van der Waals surface area contributed by atoms with Crippen molar-refractivity contribution in [1.29, 1.82) is 0 Å². The van der Waals surface area contributed by atoms with Gasteiger partial charge in [-0.25, -0.2) is 0 Å². The maximum atomic E-state index is 12.2. The molecule has 2 rings (SSSR count). The first-order valence-electron chi connectivity index (χ1n) is 6.04. The van der Waals surface area contributed by atoms with Crippen molar-refractivity contribution < 1.29 is 4.79 Å². The monoisotopic (exact) mass is 230 g/mol. The molecule has 0 fully saturated rings. The second kappa shape index (κ2) is 4.62. The fourth-order valence-corrected chi connectivity index (χ4v) is 2.10. The van der Waals surface area contributed by atoms with Gasteiger partial charge in [-0.1, -0.05) is 0 Å². The molecule has 0 radical (unpaired) electrons. The van der Waals surface area contributed by atoms with Crippen LogP contribution in [0.25, 0.3) is 10.9 Å². The van der Waals surface area contributed by atoms with Gasteiger partial charge in [0.1, 0.15) is 0 Å². The van der Waals surface area contributed by atoms with Crippen LogP contribution in [-0.4, -0.2) is 28.9 Å². The van der Waals surface area contributed by atoms with Crippen molar-refractivity contribution in [3.63, 3.8) is 0 Å². The van der Waals surface area contributed by atoms with Crippen molar-refractivity contribution in [3.8, 4) is 0 Å². The number of aromatic amines is 1. The van der Waals surface area contributed by atoms with Crippen LogP contribution < -0.4 is 0 Å². The van der Waals surface area contributed by atoms with E-state index in [1.54, 1.807) is 0 Å². The van der Waals surface area contributed by atoms with Crippen molar-refractivity contribution >= 4 is 16.8 Å². The maximum absolute atomic E-state index is 12.2. The molecule has 1 amide bonds. The average molecular weight is 230 g/mol. The molecule has 2 aromatic rings. The van der Waals surface area contributed by atoms with Crippen molar-refractivity contribution in [3.05, 3.63) is 35.5 Å². The lowest BCUT2D eigenvalue weighted by molar-refractivity contribution is 0.0773. The summed E-state index contributed by atoms with van der Waals surface area (Å²) in [5.41, 5.74) is 2.96. The van der Waals surface area contributed by atoms with Gasteiger partial charge in [0.25, 0.3) is 5.91 Å². The summed E-state index contributed by atoms with van der Waals surface area (Å²) >= 11 is 0. The summed E-state index contributed by atoms with van der Waals surface area (Å²) in [4.78, 5) is 17.3. The Bertz CT molecular complexity index is 538. The molecule has 0 spiro atoms. The van der Waals surface area contributed by atoms with E-state index in [4.69, 9.17) is 0 Å². The summed E-state index contributed by atoms with van der Waals surface area (Å²) in [5.74, 6) is 0.107. The minimum atomic E-state index is 0.107. The van der Waals surface area contributed by atoms with E-state index >= 15 is 0 Å². The first-order chi connectivity index (χ1) is 8.15. The molecule has 0 bridgehead atoms. The van der Waals surface area contributed by atoms with E-state index in [9.17, 15) is 4.79 Å². The van der Waals surface area contributed by atoms with Gasteiger partial charge in [-0.2, -0.15) is 0 Å². The van der Waals surface area contributed by atoms with Gasteiger partial charge in [-0.15, -0.1) is 0 Å². The highest BCUT2D eigenvalue weighted by Gasteiger charge is 2.12. The topological polar surface area (TPSA) is 36.1 Å². The number of rotatable bonds is 3. The lowest BCUT2D eigenvalue weighted by Crippen LogP contribution is -2.30. The summed E-state index contributed by atoms with van der Waals surface area (Å²) in [6.45, 7) is 7.52. The van der Waals surface area contributed by atoms with Gasteiger partial charge < -0.3 is 9.88 Å². The highest BCUT2D eigenvalue weighted by atomic mass is 16.2. The molecule has 0 saturated carbocycles. The van der Waals surface area contributed by atoms with Crippen LogP contribution in [0.1, 0.15) is 29.9 Å². The van der Waals surface area contributed by atoms with Crippen molar-refractivity contribution in [2.24, 2.45) is 0 Å². The second-order valence-electron chi connectivity index (χ2n) is 4.23. The molecule has 0 aliphatic rings. The summed E-state index contributed by atoms with van der Waals surface area (Å²) in [6.07, 6.45) is 0. The van der Waals surface area contributed by atoms with Crippen LogP contribution in [0, 0.1) is 6.92 Å². The zero-order valence-corrected chi connectivity index (χ0v) is 10.6. The second-order valence-corrected chi connectivity index (χ2v) is 4.23. The van der Waals surface area contributed by atoms with Gasteiger partial charge in [0, 0.05) is 35.2 Å². The molecular formula is C14H18N2O. The number of amides is 1. The molecule has 1 N–H and O–H groups in total. The van der Waals surface area contributed by atoms with E-state index in [0.29, 0.717) is 0 Å². The molecule has 17 heavy (non-hydrogen) atoms. The fraction of sp³-hybridized carbons (Fsp3) is 0.357. The van der Waals surface area contributed by atoms with Crippen molar-refractivity contribution in [1.82, 2.24) is 9.88 Å². The fourth-order valence-electron chi connectivity index (χ4n) is 2.10. The molecular weight excluding hydrogens is 212 g/mol. The van der Waals surface area contributed by atoms with Crippen LogP contribution in [0.5, 0.6) is 0 Å². The Kier molecular flexibility index (Phi) is 3.18. The first kappa shape index (κ1) is 11.7. The standard InChI is InChI=1S/C14H18N2O/c1-4-16(5-2)14(17)11-6-7-13-12(9-11)8-10(3)15-13/h6-9,15H,4-5H2,1-3H3. The molecule has 3 nitrogen and oxygen atoms in total. The molecule has 0 atom stereocenters. The lowest BCUT2D eigenvalue weighted by Gasteiger charge is -2.18. The van der Waals surface area contributed by atoms with Crippen LogP contribution in [-0.2, 0) is 0 Å². The number of H-pyrrole nitrogens is 1. The van der Waals surface area contributed by atoms with E-state index in [-0.39, 0.29) is 5.91 Å². The molecule has 3 heteroatoms. The molecule has 0 aliphatic heterocycles. The van der Waals surface area contributed by atoms with Crippen molar-refractivity contribution in [2.75, 3.05) is 13.1 Å². The van der Waals surface area contributed by atoms with Gasteiger partial charge in [-0.3, -0.25) is 4.79 Å². The van der Waals surface area contributed by atoms with Gasteiger partial charge >= 0.3 is 0 Å². The van der Waals surface area contributed by atoms with Crippen LogP contribution in [0.4, 0.5) is 0 Å². The predicted octanol–water partition coefficient (Wildman–Crippen LogP) is 2.96. The number of carbonyl (C=O) groups excluding carboxylic acids is 1. The van der Waals surface area contributed by atoms with Gasteiger partial charge in [0.05, 0.1) is 0 Å². The van der Waals surface area contributed by atoms with Gasteiger partial charge in [-0.05, 0) is 45.0 Å². The third kappa shape index (κ3) is 2.18. The Labute approximate surface area is 101 Å². The van der Waals surface area contributed by atoms with Gasteiger partial charge in [0.15, 0.2) is 0 Å². The molecule has 1 aromatic heterocycles. The largest absolute Gasteiger partial charge is 0.359 e. The van der Waals surface area contributed by atoms with E-state index in [1.807, 2.05) is 43.9 Å². The van der Waals surface area contributed by atoms with E-state index in [0.717, 1.165) is 35.2 Å². The van der Waals surface area contributed by atoms with Crippen LogP contribution in [0.15, 0.2) is 24.3 Å². The van der Waals surface area contributed by atoms with E-state index in [1.165, 1.54) is 0 Å². The van der Waals surface area contributed by atoms with Crippen LogP contribution in [0.2, 0.25) is 0 Å². The van der Waals surface area contributed by atoms with Crippen LogP contribution >= 0.6 is 0 Å². The normalized spacial score (nSPS) is 10.8. The number of fused-ring (bicyclic) bond motifs is 1. The number of benzene rings is 1. The Hall–Kier alpha value is -1.77. The molecule has 0 aliphatic carbocycles. The molecule has 1 heterocycles. The summed E-state index contributed by atoms with van der Waals surface area (Å²) in [7, 11) is 0. The number of hydrogen-bond donors (Lipinski definition) is 1. The molecule has 1 aromatic carbocycles. The number of nitrogens with zero attached hydrogens (tertiary/aromatic N) is 1. The summed E-state index contributed by atoms with van der Waals surface area (Å²) in [5, 5.41) is 1.10. The number of carbonyl (C=O) groups is 1. The molecule has 0 saturated heterocycles. The summed E-state index contributed by atoms with van der Waals surface area (Å²) in [6, 6.07) is 7.88. The van der Waals surface area contributed by atoms with Crippen molar-refractivity contribution in [2.45, 2.75) is 20.8 Å². The van der Waals surface area contributed by atoms with E-state index < -0.39 is 0 Å². The number of aryl methyl sites for hydroxylation is 1. The third-order valence-electron chi connectivity index (χ3n) is 3.05.